The van der Waals surface area contributed by atoms with E-state index in [4.69, 9.17) is 4.74 Å². The number of benzene rings is 1. The number of phenolic OH excluding ortho intramolecular Hbond substituents is 1. The molecule has 1 aromatic rings. The second kappa shape index (κ2) is 3.76. The largest absolute Gasteiger partial charge is 0.502 e. The Labute approximate surface area is 78.1 Å². The second-order valence-electron chi connectivity index (χ2n) is 2.22. The first-order valence-electron chi connectivity index (χ1n) is 3.31. The van der Waals surface area contributed by atoms with Gasteiger partial charge in [0.15, 0.2) is 17.3 Å². The molecule has 0 aliphatic carbocycles. The summed E-state index contributed by atoms with van der Waals surface area (Å²) in [5.41, 5.74) is 0.410. The summed E-state index contributed by atoms with van der Waals surface area (Å²) in [6.07, 6.45) is 0. The van der Waals surface area contributed by atoms with Gasteiger partial charge in [0.2, 0.25) is 0 Å². The summed E-state index contributed by atoms with van der Waals surface area (Å²) in [6, 6.07) is 3.08. The van der Waals surface area contributed by atoms with Crippen LogP contribution in [0.3, 0.4) is 0 Å². The van der Waals surface area contributed by atoms with E-state index < -0.39 is 11.6 Å². The average molecular weight is 235 g/mol. The highest BCUT2D eigenvalue weighted by atomic mass is 79.9. The van der Waals surface area contributed by atoms with Crippen molar-refractivity contribution >= 4 is 15.9 Å². The Balaban J connectivity index is 3.20. The number of methoxy groups -OCH3 is 1. The van der Waals surface area contributed by atoms with E-state index in [1.54, 1.807) is 6.07 Å². The molecule has 0 fully saturated rings. The Bertz CT molecular complexity index is 260. The van der Waals surface area contributed by atoms with Crippen molar-refractivity contribution in [3.8, 4) is 11.5 Å². The van der Waals surface area contributed by atoms with Crippen LogP contribution in [0.25, 0.3) is 0 Å². The van der Waals surface area contributed by atoms with Crippen molar-refractivity contribution < 1.29 is 14.2 Å². The summed E-state index contributed by atoms with van der Waals surface area (Å²) < 4.78 is 17.8. The van der Waals surface area contributed by atoms with Gasteiger partial charge in [-0.05, 0) is 6.07 Å². The predicted octanol–water partition coefficient (Wildman–Crippen LogP) is 2.43. The van der Waals surface area contributed by atoms with Crippen molar-refractivity contribution in [1.29, 1.82) is 0 Å². The lowest BCUT2D eigenvalue weighted by Crippen LogP contribution is -1.90. The van der Waals surface area contributed by atoms with Gasteiger partial charge >= 0.3 is 0 Å². The zero-order valence-electron chi connectivity index (χ0n) is 6.47. The van der Waals surface area contributed by atoms with Gasteiger partial charge < -0.3 is 9.84 Å². The van der Waals surface area contributed by atoms with Gasteiger partial charge in [-0.25, -0.2) is 4.39 Å². The normalized spacial score (nSPS) is 9.92. The first-order valence-corrected chi connectivity index (χ1v) is 4.43. The molecule has 2 nitrogen and oxygen atoms in total. The standard InChI is InChI=1S/C8H8BrFO2/c1-12-6-3-2-5(4-9)7(10)8(6)11/h2-3,11H,4H2,1H3. The predicted molar refractivity (Wildman–Crippen MR) is 47.2 cm³/mol. The van der Waals surface area contributed by atoms with Gasteiger partial charge in [0.1, 0.15) is 0 Å². The molecule has 0 amide bonds. The lowest BCUT2D eigenvalue weighted by atomic mass is 10.2. The maximum Gasteiger partial charge on any atom is 0.194 e. The highest BCUT2D eigenvalue weighted by Gasteiger charge is 2.11. The van der Waals surface area contributed by atoms with Gasteiger partial charge in [-0.2, -0.15) is 0 Å². The fourth-order valence-electron chi connectivity index (χ4n) is 0.857. The first-order chi connectivity index (χ1) is 5.70. The number of hydrogen-bond acceptors (Lipinski definition) is 2. The van der Waals surface area contributed by atoms with Crippen molar-refractivity contribution in [2.24, 2.45) is 0 Å². The molecule has 0 unspecified atom stereocenters. The molecule has 0 spiro atoms. The van der Waals surface area contributed by atoms with Crippen LogP contribution in [-0.2, 0) is 5.33 Å². The number of aromatic hydroxyl groups is 1. The van der Waals surface area contributed by atoms with Crippen molar-refractivity contribution in [1.82, 2.24) is 0 Å². The van der Waals surface area contributed by atoms with Crippen molar-refractivity contribution in [2.45, 2.75) is 5.33 Å². The van der Waals surface area contributed by atoms with E-state index in [0.29, 0.717) is 10.9 Å². The topological polar surface area (TPSA) is 29.5 Å². The van der Waals surface area contributed by atoms with Crippen LogP contribution in [0.15, 0.2) is 12.1 Å². The zero-order valence-corrected chi connectivity index (χ0v) is 8.06. The zero-order chi connectivity index (χ0) is 9.14. The summed E-state index contributed by atoms with van der Waals surface area (Å²) in [6.45, 7) is 0. The molecule has 12 heavy (non-hydrogen) atoms. The molecule has 0 saturated carbocycles. The molecule has 0 heterocycles. The van der Waals surface area contributed by atoms with E-state index in [2.05, 4.69) is 15.9 Å². The Morgan fingerprint density at radius 3 is 2.75 bits per heavy atom. The molecule has 1 aromatic carbocycles. The Morgan fingerprint density at radius 2 is 2.25 bits per heavy atom. The second-order valence-corrected chi connectivity index (χ2v) is 2.78. The lowest BCUT2D eigenvalue weighted by Gasteiger charge is -2.05. The first kappa shape index (κ1) is 9.32. The van der Waals surface area contributed by atoms with Gasteiger partial charge in [-0.15, -0.1) is 0 Å². The van der Waals surface area contributed by atoms with Crippen molar-refractivity contribution in [3.63, 3.8) is 0 Å². The number of hydrogen-bond donors (Lipinski definition) is 1. The molecule has 0 atom stereocenters. The van der Waals surface area contributed by atoms with Crippen LogP contribution in [-0.4, -0.2) is 12.2 Å². The summed E-state index contributed by atoms with van der Waals surface area (Å²) in [5.74, 6) is -0.919. The Kier molecular flexibility index (Phi) is 2.92. The van der Waals surface area contributed by atoms with Crippen LogP contribution >= 0.6 is 15.9 Å². The van der Waals surface area contributed by atoms with Crippen LogP contribution in [0, 0.1) is 5.82 Å². The fourth-order valence-corrected chi connectivity index (χ4v) is 1.29. The van der Waals surface area contributed by atoms with E-state index in [-0.39, 0.29) is 5.75 Å². The van der Waals surface area contributed by atoms with Crippen LogP contribution in [0.4, 0.5) is 4.39 Å². The van der Waals surface area contributed by atoms with Gasteiger partial charge in [0.25, 0.3) is 0 Å². The molecule has 0 aliphatic heterocycles. The minimum atomic E-state index is -0.633. The SMILES string of the molecule is COc1ccc(CBr)c(F)c1O. The minimum Gasteiger partial charge on any atom is -0.502 e. The molecule has 0 bridgehead atoms. The maximum atomic E-state index is 13.1. The molecule has 4 heteroatoms. The monoisotopic (exact) mass is 234 g/mol. The molecule has 0 saturated heterocycles. The van der Waals surface area contributed by atoms with E-state index in [9.17, 15) is 9.50 Å². The molecule has 0 radical (unpaired) electrons. The third kappa shape index (κ3) is 1.53. The number of phenols is 1. The fraction of sp³-hybridized carbons (Fsp3) is 0.250. The molecule has 0 aliphatic rings. The number of ether oxygens (including phenoxy) is 1. The van der Waals surface area contributed by atoms with Crippen molar-refractivity contribution in [2.75, 3.05) is 7.11 Å². The highest BCUT2D eigenvalue weighted by Crippen LogP contribution is 2.31. The van der Waals surface area contributed by atoms with Crippen LogP contribution in [0.5, 0.6) is 11.5 Å². The van der Waals surface area contributed by atoms with Crippen molar-refractivity contribution in [3.05, 3.63) is 23.5 Å². The molecular formula is C8H8BrFO2. The quantitative estimate of drug-likeness (QED) is 0.797. The smallest absolute Gasteiger partial charge is 0.194 e. The summed E-state index contributed by atoms with van der Waals surface area (Å²) >= 11 is 3.10. The number of alkyl halides is 1. The molecular weight excluding hydrogens is 227 g/mol. The van der Waals surface area contributed by atoms with E-state index >= 15 is 0 Å². The summed E-state index contributed by atoms with van der Waals surface area (Å²) in [5, 5.41) is 9.56. The number of rotatable bonds is 2. The summed E-state index contributed by atoms with van der Waals surface area (Å²) in [7, 11) is 1.38. The third-order valence-corrected chi connectivity index (χ3v) is 2.13. The van der Waals surface area contributed by atoms with E-state index in [0.717, 1.165) is 0 Å². The Hall–Kier alpha value is -0.770. The van der Waals surface area contributed by atoms with Crippen LogP contribution < -0.4 is 4.74 Å². The minimum absolute atomic E-state index is 0.150. The lowest BCUT2D eigenvalue weighted by molar-refractivity contribution is 0.356. The highest BCUT2D eigenvalue weighted by molar-refractivity contribution is 9.08. The van der Waals surface area contributed by atoms with Gasteiger partial charge in [0.05, 0.1) is 7.11 Å². The van der Waals surface area contributed by atoms with Crippen LogP contribution in [0.1, 0.15) is 5.56 Å². The van der Waals surface area contributed by atoms with Gasteiger partial charge in [-0.3, -0.25) is 0 Å². The van der Waals surface area contributed by atoms with E-state index in [1.165, 1.54) is 13.2 Å². The maximum absolute atomic E-state index is 13.1. The Morgan fingerprint density at radius 1 is 1.58 bits per heavy atom. The molecule has 1 N–H and O–H groups in total. The summed E-state index contributed by atoms with van der Waals surface area (Å²) in [4.78, 5) is 0. The number of halogens is 2. The molecule has 66 valence electrons. The van der Waals surface area contributed by atoms with Gasteiger partial charge in [0, 0.05) is 10.9 Å². The van der Waals surface area contributed by atoms with E-state index in [1.807, 2.05) is 0 Å². The third-order valence-electron chi connectivity index (χ3n) is 1.52. The van der Waals surface area contributed by atoms with Crippen LogP contribution in [0.2, 0.25) is 0 Å². The van der Waals surface area contributed by atoms with Gasteiger partial charge in [-0.1, -0.05) is 22.0 Å². The molecule has 0 aromatic heterocycles. The average Bonchev–Trinajstić information content (AvgIpc) is 2.10. The molecule has 1 rings (SSSR count).